The van der Waals surface area contributed by atoms with Crippen molar-refractivity contribution >= 4 is 11.9 Å². The van der Waals surface area contributed by atoms with E-state index in [2.05, 4.69) is 39.3 Å². The van der Waals surface area contributed by atoms with E-state index in [9.17, 15) is 4.79 Å². The summed E-state index contributed by atoms with van der Waals surface area (Å²) in [5.41, 5.74) is 1.17. The number of ether oxygens (including phenoxy) is 1. The number of carbonyl (C=O) groups excluding carboxylic acids is 1. The number of nitrogens with zero attached hydrogens (tertiary/aromatic N) is 5. The van der Waals surface area contributed by atoms with Crippen molar-refractivity contribution in [1.29, 1.82) is 0 Å². The fraction of sp³-hybridized carbons (Fsp3) is 0.706. The number of guanidine groups is 1. The molecule has 1 saturated heterocycles. The molecule has 1 N–H and O–H groups in total. The molecule has 0 spiro atoms. The number of aryl methyl sites for hydroxylation is 1. The quantitative estimate of drug-likeness (QED) is 0.473. The molecule has 2 rings (SSSR count). The lowest BCUT2D eigenvalue weighted by atomic mass is 9.97. The number of aliphatic imine (C=N–C) groups is 1. The maximum Gasteiger partial charge on any atom is 0.308 e. The number of carbonyl (C=O) groups is 1. The molecular weight excluding hydrogens is 320 g/mol. The minimum absolute atomic E-state index is 0.00396. The van der Waals surface area contributed by atoms with Gasteiger partial charge in [-0.2, -0.15) is 5.10 Å². The van der Waals surface area contributed by atoms with E-state index in [1.807, 2.05) is 24.1 Å². The Hall–Kier alpha value is -2.09. The van der Waals surface area contributed by atoms with E-state index >= 15 is 0 Å². The van der Waals surface area contributed by atoms with E-state index in [0.29, 0.717) is 0 Å². The van der Waals surface area contributed by atoms with E-state index in [0.717, 1.165) is 38.4 Å². The number of nitrogens with one attached hydrogen (secondary N) is 1. The van der Waals surface area contributed by atoms with Crippen molar-refractivity contribution in [2.24, 2.45) is 18.0 Å². The van der Waals surface area contributed by atoms with E-state index in [1.165, 1.54) is 12.7 Å². The second-order valence-electron chi connectivity index (χ2n) is 6.64. The largest absolute Gasteiger partial charge is 0.469 e. The van der Waals surface area contributed by atoms with Gasteiger partial charge in [0, 0.05) is 45.5 Å². The van der Waals surface area contributed by atoms with Crippen LogP contribution < -0.4 is 5.32 Å². The zero-order valence-electron chi connectivity index (χ0n) is 15.9. The summed E-state index contributed by atoms with van der Waals surface area (Å²) in [6, 6.07) is 0.207. The summed E-state index contributed by atoms with van der Waals surface area (Å²) < 4.78 is 6.67. The first-order valence-electron chi connectivity index (χ1n) is 8.64. The van der Waals surface area contributed by atoms with Gasteiger partial charge in [-0.1, -0.05) is 0 Å². The average molecular weight is 350 g/mol. The van der Waals surface area contributed by atoms with Crippen molar-refractivity contribution in [3.05, 3.63) is 18.0 Å². The Morgan fingerprint density at radius 1 is 1.48 bits per heavy atom. The molecule has 0 aromatic carbocycles. The molecule has 1 fully saturated rings. The number of hydrogen-bond acceptors (Lipinski definition) is 5. The van der Waals surface area contributed by atoms with Crippen molar-refractivity contribution in [3.63, 3.8) is 0 Å². The zero-order valence-corrected chi connectivity index (χ0v) is 15.9. The van der Waals surface area contributed by atoms with Crippen molar-refractivity contribution in [2.45, 2.75) is 18.9 Å². The molecule has 140 valence electrons. The van der Waals surface area contributed by atoms with Gasteiger partial charge in [-0.15, -0.1) is 0 Å². The van der Waals surface area contributed by atoms with Gasteiger partial charge in [-0.05, 0) is 26.9 Å². The van der Waals surface area contributed by atoms with Crippen molar-refractivity contribution in [2.75, 3.05) is 47.9 Å². The molecule has 0 amide bonds. The molecule has 1 aliphatic rings. The summed E-state index contributed by atoms with van der Waals surface area (Å²) in [5.74, 6) is 0.773. The van der Waals surface area contributed by atoms with Gasteiger partial charge in [0.15, 0.2) is 5.96 Å². The Bertz CT molecular complexity index is 590. The van der Waals surface area contributed by atoms with Crippen LogP contribution in [0.5, 0.6) is 0 Å². The van der Waals surface area contributed by atoms with Crippen LogP contribution in [0.3, 0.4) is 0 Å². The third-order valence-electron chi connectivity index (χ3n) is 4.73. The van der Waals surface area contributed by atoms with Crippen molar-refractivity contribution in [1.82, 2.24) is 24.9 Å². The fourth-order valence-corrected chi connectivity index (χ4v) is 3.22. The van der Waals surface area contributed by atoms with Crippen LogP contribution in [0, 0.1) is 5.92 Å². The maximum absolute atomic E-state index is 11.7. The van der Waals surface area contributed by atoms with Gasteiger partial charge in [-0.3, -0.25) is 14.5 Å². The maximum atomic E-state index is 11.7. The van der Waals surface area contributed by atoms with Crippen LogP contribution in [0.4, 0.5) is 0 Å². The lowest BCUT2D eigenvalue weighted by molar-refractivity contribution is -0.146. The summed E-state index contributed by atoms with van der Waals surface area (Å²) in [6.07, 6.45) is 5.54. The second-order valence-corrected chi connectivity index (χ2v) is 6.64. The van der Waals surface area contributed by atoms with Crippen molar-refractivity contribution in [3.8, 4) is 0 Å². The minimum atomic E-state index is -0.105. The van der Waals surface area contributed by atoms with E-state index < -0.39 is 0 Å². The Morgan fingerprint density at radius 2 is 2.16 bits per heavy atom. The molecule has 8 heteroatoms. The number of rotatable bonds is 5. The number of esters is 1. The van der Waals surface area contributed by atoms with Gasteiger partial charge < -0.3 is 19.9 Å². The van der Waals surface area contributed by atoms with Crippen molar-refractivity contribution < 1.29 is 9.53 Å². The summed E-state index contributed by atoms with van der Waals surface area (Å²) >= 11 is 0. The SMILES string of the molecule is CN=C(NCC(c1cnn(C)c1)N(C)C)N1CCC(C(=O)OC)CC1. The minimum Gasteiger partial charge on any atom is -0.469 e. The smallest absolute Gasteiger partial charge is 0.308 e. The van der Waals surface area contributed by atoms with Crippen LogP contribution >= 0.6 is 0 Å². The number of likely N-dealkylation sites (tertiary alicyclic amines) is 1. The monoisotopic (exact) mass is 350 g/mol. The molecule has 2 heterocycles. The predicted molar refractivity (Wildman–Crippen MR) is 97.3 cm³/mol. The van der Waals surface area contributed by atoms with Crippen LogP contribution in [-0.4, -0.2) is 79.4 Å². The number of hydrogen-bond donors (Lipinski definition) is 1. The van der Waals surface area contributed by atoms with Gasteiger partial charge in [0.2, 0.25) is 0 Å². The van der Waals surface area contributed by atoms with Crippen LogP contribution in [0.1, 0.15) is 24.4 Å². The summed E-state index contributed by atoms with van der Waals surface area (Å²) in [4.78, 5) is 20.4. The second kappa shape index (κ2) is 8.84. The molecule has 1 aromatic rings. The standard InChI is InChI=1S/C17H30N6O2/c1-18-17(23-8-6-13(7-9-23)16(24)25-5)19-11-15(21(2)3)14-10-20-22(4)12-14/h10,12-13,15H,6-9,11H2,1-5H3,(H,18,19). The number of methoxy groups -OCH3 is 1. The van der Waals surface area contributed by atoms with Gasteiger partial charge in [0.1, 0.15) is 0 Å². The number of aromatic nitrogens is 2. The Kier molecular flexibility index (Phi) is 6.81. The first-order chi connectivity index (χ1) is 12.0. The van der Waals surface area contributed by atoms with Gasteiger partial charge in [-0.25, -0.2) is 0 Å². The molecule has 1 aliphatic heterocycles. The molecule has 25 heavy (non-hydrogen) atoms. The number of likely N-dealkylation sites (N-methyl/N-ethyl adjacent to an activating group) is 1. The summed E-state index contributed by atoms with van der Waals surface area (Å²) in [6.45, 7) is 2.35. The van der Waals surface area contributed by atoms with Crippen LogP contribution in [0.2, 0.25) is 0 Å². The van der Waals surface area contributed by atoms with E-state index in [1.54, 1.807) is 7.05 Å². The molecule has 8 nitrogen and oxygen atoms in total. The molecule has 1 aromatic heterocycles. The highest BCUT2D eigenvalue weighted by Gasteiger charge is 2.27. The average Bonchev–Trinajstić information content (AvgIpc) is 3.04. The first-order valence-corrected chi connectivity index (χ1v) is 8.64. The summed E-state index contributed by atoms with van der Waals surface area (Å²) in [5, 5.41) is 7.74. The molecule has 0 aliphatic carbocycles. The fourth-order valence-electron chi connectivity index (χ4n) is 3.22. The third kappa shape index (κ3) is 4.94. The molecular formula is C17H30N6O2. The zero-order chi connectivity index (χ0) is 18.4. The molecule has 0 radical (unpaired) electrons. The van der Waals surface area contributed by atoms with Crippen LogP contribution in [-0.2, 0) is 16.6 Å². The number of piperidine rings is 1. The van der Waals surface area contributed by atoms with Gasteiger partial charge in [0.25, 0.3) is 0 Å². The predicted octanol–water partition coefficient (Wildman–Crippen LogP) is 0.483. The highest BCUT2D eigenvalue weighted by molar-refractivity contribution is 5.80. The van der Waals surface area contributed by atoms with Crippen LogP contribution in [0.25, 0.3) is 0 Å². The highest BCUT2D eigenvalue weighted by Crippen LogP contribution is 2.19. The topological polar surface area (TPSA) is 75.0 Å². The lowest BCUT2D eigenvalue weighted by Gasteiger charge is -2.34. The normalized spacial score (nSPS) is 17.7. The first kappa shape index (κ1) is 19.2. The summed E-state index contributed by atoms with van der Waals surface area (Å²) in [7, 11) is 9.29. The molecule has 0 bridgehead atoms. The van der Waals surface area contributed by atoms with E-state index in [4.69, 9.17) is 4.74 Å². The van der Waals surface area contributed by atoms with Gasteiger partial charge in [0.05, 0.1) is 25.3 Å². The van der Waals surface area contributed by atoms with Gasteiger partial charge >= 0.3 is 5.97 Å². The third-order valence-corrected chi connectivity index (χ3v) is 4.73. The Labute approximate surface area is 149 Å². The Morgan fingerprint density at radius 3 is 2.64 bits per heavy atom. The molecule has 1 atom stereocenters. The highest BCUT2D eigenvalue weighted by atomic mass is 16.5. The Balaban J connectivity index is 1.92. The lowest BCUT2D eigenvalue weighted by Crippen LogP contribution is -2.48. The molecule has 0 saturated carbocycles. The van der Waals surface area contributed by atoms with Crippen LogP contribution in [0.15, 0.2) is 17.4 Å². The van der Waals surface area contributed by atoms with E-state index in [-0.39, 0.29) is 17.9 Å². The molecule has 1 unspecified atom stereocenters.